The third kappa shape index (κ3) is 3.66. The van der Waals surface area contributed by atoms with Crippen LogP contribution in [-0.4, -0.2) is 26.7 Å². The largest absolute Gasteiger partial charge is 0.434 e. The van der Waals surface area contributed by atoms with E-state index in [1.54, 1.807) is 24.3 Å². The Labute approximate surface area is 192 Å². The maximum absolute atomic E-state index is 12.7. The van der Waals surface area contributed by atoms with Gasteiger partial charge in [0.25, 0.3) is 17.4 Å². The molecule has 10 heteroatoms. The molecule has 0 unspecified atom stereocenters. The van der Waals surface area contributed by atoms with Gasteiger partial charge in [0, 0.05) is 13.1 Å². The number of aryl methyl sites for hydroxylation is 1. The number of hydrogen-bond acceptors (Lipinski definition) is 6. The molecule has 0 fully saturated rings. The number of imide groups is 1. The minimum Gasteiger partial charge on any atom is -0.434 e. The van der Waals surface area contributed by atoms with Gasteiger partial charge in [-0.05, 0) is 38.1 Å². The van der Waals surface area contributed by atoms with Crippen molar-refractivity contribution >= 4 is 40.7 Å². The highest BCUT2D eigenvalue weighted by Crippen LogP contribution is 2.41. The highest BCUT2D eigenvalue weighted by Gasteiger charge is 2.37. The first-order valence-corrected chi connectivity index (χ1v) is 10.2. The van der Waals surface area contributed by atoms with Crippen LogP contribution < -0.4 is 15.2 Å². The third-order valence-corrected chi connectivity index (χ3v) is 5.50. The molecule has 164 valence electrons. The van der Waals surface area contributed by atoms with Gasteiger partial charge in [-0.25, -0.2) is 9.58 Å². The molecule has 8 nitrogen and oxygen atoms in total. The van der Waals surface area contributed by atoms with Crippen molar-refractivity contribution in [3.63, 3.8) is 0 Å². The predicted molar refractivity (Wildman–Crippen MR) is 119 cm³/mol. The van der Waals surface area contributed by atoms with E-state index in [0.29, 0.717) is 11.1 Å². The van der Waals surface area contributed by atoms with Crippen LogP contribution in [0.5, 0.6) is 11.6 Å². The number of carbonyl (C=O) groups is 2. The van der Waals surface area contributed by atoms with E-state index >= 15 is 0 Å². The monoisotopic (exact) mass is 473 g/mol. The van der Waals surface area contributed by atoms with Crippen LogP contribution in [0, 0.1) is 0 Å². The van der Waals surface area contributed by atoms with Crippen molar-refractivity contribution in [2.45, 2.75) is 19.4 Å². The summed E-state index contributed by atoms with van der Waals surface area (Å²) in [5.74, 6) is -0.982. The zero-order valence-corrected chi connectivity index (χ0v) is 18.7. The molecular weight excluding hydrogens is 457 g/mol. The van der Waals surface area contributed by atoms with E-state index in [9.17, 15) is 19.5 Å². The molecule has 2 aromatic carbocycles. The lowest BCUT2D eigenvalue weighted by Crippen LogP contribution is -2.32. The third-order valence-electron chi connectivity index (χ3n) is 4.94. The number of ether oxygens (including phenoxy) is 1. The molecular formula is C22H17Cl2N3O5. The van der Waals surface area contributed by atoms with E-state index < -0.39 is 23.0 Å². The summed E-state index contributed by atoms with van der Waals surface area (Å²) in [7, 11) is 1.42. The summed E-state index contributed by atoms with van der Waals surface area (Å²) in [5.41, 5.74) is -1.08. The Morgan fingerprint density at radius 3 is 2.00 bits per heavy atom. The Kier molecular flexibility index (Phi) is 5.32. The summed E-state index contributed by atoms with van der Waals surface area (Å²) in [6.45, 7) is 2.93. The van der Waals surface area contributed by atoms with Crippen LogP contribution >= 0.6 is 23.2 Å². The number of fused-ring (bicyclic) bond motifs is 1. The van der Waals surface area contributed by atoms with E-state index in [4.69, 9.17) is 27.9 Å². The lowest BCUT2D eigenvalue weighted by molar-refractivity contribution is 0.0758. The average Bonchev–Trinajstić information content (AvgIpc) is 2.97. The lowest BCUT2D eigenvalue weighted by atomic mass is 10.0. The van der Waals surface area contributed by atoms with Gasteiger partial charge in [0.1, 0.15) is 0 Å². The van der Waals surface area contributed by atoms with Crippen molar-refractivity contribution in [3.05, 3.63) is 79.6 Å². The van der Waals surface area contributed by atoms with Crippen LogP contribution in [0.1, 0.15) is 40.1 Å². The summed E-state index contributed by atoms with van der Waals surface area (Å²) in [4.78, 5) is 38.7. The maximum Gasteiger partial charge on any atom is 0.272 e. The van der Waals surface area contributed by atoms with Gasteiger partial charge in [0.05, 0.1) is 38.0 Å². The second kappa shape index (κ2) is 7.74. The summed E-state index contributed by atoms with van der Waals surface area (Å²) >= 11 is 12.7. The molecule has 0 atom stereocenters. The molecule has 4 rings (SSSR count). The first-order chi connectivity index (χ1) is 15.0. The van der Waals surface area contributed by atoms with Gasteiger partial charge in [-0.15, -0.1) is 5.10 Å². The molecule has 0 saturated heterocycles. The summed E-state index contributed by atoms with van der Waals surface area (Å²) < 4.78 is 6.74. The number of benzene rings is 2. The minimum atomic E-state index is -1.43. The van der Waals surface area contributed by atoms with Gasteiger partial charge in [0.2, 0.25) is 5.88 Å². The van der Waals surface area contributed by atoms with Crippen LogP contribution in [0.2, 0.25) is 10.0 Å². The van der Waals surface area contributed by atoms with Gasteiger partial charge < -0.3 is 9.84 Å². The van der Waals surface area contributed by atoms with Crippen molar-refractivity contribution in [2.24, 2.45) is 7.05 Å². The van der Waals surface area contributed by atoms with Gasteiger partial charge in [0.15, 0.2) is 5.75 Å². The van der Waals surface area contributed by atoms with Crippen LogP contribution in [0.15, 0.2) is 47.3 Å². The Morgan fingerprint density at radius 1 is 0.969 bits per heavy atom. The number of amides is 2. The number of nitrogens with zero attached hydrogens (tertiary/aromatic N) is 3. The van der Waals surface area contributed by atoms with Crippen molar-refractivity contribution in [1.29, 1.82) is 0 Å². The summed E-state index contributed by atoms with van der Waals surface area (Å²) in [5, 5.41) is 14.3. The molecule has 32 heavy (non-hydrogen) atoms. The first-order valence-electron chi connectivity index (χ1n) is 9.45. The van der Waals surface area contributed by atoms with Crippen LogP contribution in [-0.2, 0) is 12.6 Å². The van der Waals surface area contributed by atoms with Crippen molar-refractivity contribution in [2.75, 3.05) is 4.90 Å². The van der Waals surface area contributed by atoms with Crippen LogP contribution in [0.25, 0.3) is 0 Å². The normalized spacial score (nSPS) is 13.5. The number of rotatable bonds is 4. The van der Waals surface area contributed by atoms with Crippen molar-refractivity contribution < 1.29 is 19.4 Å². The highest BCUT2D eigenvalue weighted by molar-refractivity contribution is 6.39. The van der Waals surface area contributed by atoms with Crippen LogP contribution in [0.4, 0.5) is 5.69 Å². The topological polar surface area (TPSA) is 102 Å². The number of anilines is 1. The molecule has 1 aliphatic rings. The molecule has 2 heterocycles. The Balaban J connectivity index is 1.72. The zero-order valence-electron chi connectivity index (χ0n) is 17.2. The van der Waals surface area contributed by atoms with E-state index in [1.807, 2.05) is 0 Å². The van der Waals surface area contributed by atoms with Gasteiger partial charge >= 0.3 is 0 Å². The van der Waals surface area contributed by atoms with E-state index in [0.717, 1.165) is 9.58 Å². The Morgan fingerprint density at radius 2 is 1.50 bits per heavy atom. The Hall–Kier alpha value is -3.20. The predicted octanol–water partition coefficient (Wildman–Crippen LogP) is 3.91. The van der Waals surface area contributed by atoms with Crippen molar-refractivity contribution in [1.82, 2.24) is 9.78 Å². The van der Waals surface area contributed by atoms with E-state index in [2.05, 4.69) is 5.10 Å². The number of carbonyl (C=O) groups excluding carboxylic acids is 2. The molecule has 3 aromatic rings. The SMILES string of the molecule is Cn1nc(Oc2c(Cl)cc(N3C(=O)c4ccccc4C3=O)cc2Cl)cc(C(C)(C)O)c1=O. The number of aliphatic hydroxyl groups is 1. The standard InChI is InChI=1S/C22H17Cl2N3O5/c1-22(2,31)14-10-17(25-26(3)21(14)30)32-18-15(23)8-11(9-16(18)24)27-19(28)12-6-4-5-7-13(12)20(27)29/h4-10,31H,1-3H3. The summed E-state index contributed by atoms with van der Waals surface area (Å²) in [6, 6.07) is 10.5. The fourth-order valence-electron chi connectivity index (χ4n) is 3.37. The second-order valence-corrected chi connectivity index (χ2v) is 8.53. The molecule has 0 bridgehead atoms. The molecule has 1 aromatic heterocycles. The lowest BCUT2D eigenvalue weighted by Gasteiger charge is -2.19. The number of hydrogen-bond donors (Lipinski definition) is 1. The molecule has 0 spiro atoms. The summed E-state index contributed by atoms with van der Waals surface area (Å²) in [6.07, 6.45) is 0. The van der Waals surface area contributed by atoms with E-state index in [-0.39, 0.29) is 32.9 Å². The number of halogens is 2. The maximum atomic E-state index is 12.7. The fraction of sp³-hybridized carbons (Fsp3) is 0.182. The molecule has 1 N–H and O–H groups in total. The quantitative estimate of drug-likeness (QED) is 0.576. The second-order valence-electron chi connectivity index (χ2n) is 7.72. The smallest absolute Gasteiger partial charge is 0.272 e. The Bertz CT molecular complexity index is 1290. The van der Waals surface area contributed by atoms with Gasteiger partial charge in [-0.2, -0.15) is 0 Å². The molecule has 2 amide bonds. The van der Waals surface area contributed by atoms with Crippen molar-refractivity contribution in [3.8, 4) is 11.6 Å². The molecule has 0 saturated carbocycles. The fourth-order valence-corrected chi connectivity index (χ4v) is 3.92. The molecule has 0 aliphatic carbocycles. The zero-order chi connectivity index (χ0) is 23.4. The van der Waals surface area contributed by atoms with Gasteiger partial charge in [-0.1, -0.05) is 35.3 Å². The highest BCUT2D eigenvalue weighted by atomic mass is 35.5. The molecule has 0 radical (unpaired) electrons. The van der Waals surface area contributed by atoms with Crippen LogP contribution in [0.3, 0.4) is 0 Å². The number of aromatic nitrogens is 2. The molecule has 1 aliphatic heterocycles. The first kappa shape index (κ1) is 22.0. The average molecular weight is 474 g/mol. The van der Waals surface area contributed by atoms with E-state index in [1.165, 1.54) is 39.1 Å². The van der Waals surface area contributed by atoms with Gasteiger partial charge in [-0.3, -0.25) is 14.4 Å². The minimum absolute atomic E-state index is 0.0153.